The number of hydrogen-bond donors (Lipinski definition) is 0. The molecule has 0 N–H and O–H groups in total. The monoisotopic (exact) mass is 411 g/mol. The first-order valence-electron chi connectivity index (χ1n) is 11.2. The van der Waals surface area contributed by atoms with Crippen LogP contribution in [0.1, 0.15) is 74.8 Å². The number of halogens is 1. The molecule has 6 rings (SSSR count). The highest BCUT2D eigenvalue weighted by molar-refractivity contribution is 6.30. The first-order valence-corrected chi connectivity index (χ1v) is 11.6. The van der Waals surface area contributed by atoms with E-state index in [0.29, 0.717) is 17.0 Å². The van der Waals surface area contributed by atoms with Crippen LogP contribution in [0.5, 0.6) is 5.75 Å². The predicted molar refractivity (Wildman–Crippen MR) is 117 cm³/mol. The number of aromatic nitrogens is 2. The number of rotatable bonds is 6. The van der Waals surface area contributed by atoms with Gasteiger partial charge < -0.3 is 9.64 Å². The molecule has 0 amide bonds. The van der Waals surface area contributed by atoms with Gasteiger partial charge in [0.15, 0.2) is 5.15 Å². The van der Waals surface area contributed by atoms with Gasteiger partial charge in [-0.25, -0.2) is 0 Å². The Balaban J connectivity index is 1.26. The Hall–Kier alpha value is -1.65. The SMILES string of the molecule is C[C@@H]1CCCN1CCCOc1ccc(-c2nnc(Cl)c3c2C2CCC3CC2)cc1. The number of hydrogen-bond acceptors (Lipinski definition) is 4. The van der Waals surface area contributed by atoms with E-state index in [-0.39, 0.29) is 0 Å². The van der Waals surface area contributed by atoms with Gasteiger partial charge in [-0.05, 0) is 100 Å². The van der Waals surface area contributed by atoms with Gasteiger partial charge in [0.1, 0.15) is 5.75 Å². The predicted octanol–water partition coefficient (Wildman–Crippen LogP) is 5.81. The van der Waals surface area contributed by atoms with Gasteiger partial charge in [-0.2, -0.15) is 0 Å². The highest BCUT2D eigenvalue weighted by Gasteiger charge is 2.37. The summed E-state index contributed by atoms with van der Waals surface area (Å²) < 4.78 is 5.99. The topological polar surface area (TPSA) is 38.2 Å². The van der Waals surface area contributed by atoms with Crippen LogP contribution in [-0.2, 0) is 0 Å². The smallest absolute Gasteiger partial charge is 0.155 e. The zero-order valence-corrected chi connectivity index (χ0v) is 18.0. The molecule has 0 unspecified atom stereocenters. The van der Waals surface area contributed by atoms with Crippen molar-refractivity contribution < 1.29 is 4.74 Å². The lowest BCUT2D eigenvalue weighted by atomic mass is 9.67. The number of fused-ring (bicyclic) bond motifs is 2. The summed E-state index contributed by atoms with van der Waals surface area (Å²) in [5.74, 6) is 2.08. The minimum absolute atomic E-state index is 0.567. The maximum atomic E-state index is 6.45. The molecule has 2 aromatic rings. The Bertz CT molecular complexity index is 861. The Labute approximate surface area is 178 Å². The van der Waals surface area contributed by atoms with Crippen molar-refractivity contribution >= 4 is 11.6 Å². The van der Waals surface area contributed by atoms with E-state index in [1.54, 1.807) is 0 Å². The van der Waals surface area contributed by atoms with E-state index < -0.39 is 0 Å². The Morgan fingerprint density at radius 2 is 1.72 bits per heavy atom. The summed E-state index contributed by atoms with van der Waals surface area (Å²) in [6.07, 6.45) is 8.74. The highest BCUT2D eigenvalue weighted by atomic mass is 35.5. The van der Waals surface area contributed by atoms with Crippen molar-refractivity contribution in [3.05, 3.63) is 40.5 Å². The van der Waals surface area contributed by atoms with Crippen molar-refractivity contribution in [1.29, 1.82) is 0 Å². The molecule has 29 heavy (non-hydrogen) atoms. The third-order valence-corrected chi connectivity index (χ3v) is 7.50. The van der Waals surface area contributed by atoms with Crippen molar-refractivity contribution in [2.45, 2.75) is 69.7 Å². The summed E-state index contributed by atoms with van der Waals surface area (Å²) >= 11 is 6.45. The molecule has 1 aromatic carbocycles. The first kappa shape index (κ1) is 19.3. The van der Waals surface area contributed by atoms with Crippen molar-refractivity contribution in [1.82, 2.24) is 15.1 Å². The number of likely N-dealkylation sites (tertiary alicyclic amines) is 1. The molecule has 3 aliphatic carbocycles. The average molecular weight is 412 g/mol. The van der Waals surface area contributed by atoms with Crippen molar-refractivity contribution in [2.24, 2.45) is 0 Å². The molecule has 0 spiro atoms. The molecule has 4 aliphatic rings. The minimum Gasteiger partial charge on any atom is -0.494 e. The average Bonchev–Trinajstić information content (AvgIpc) is 3.17. The largest absolute Gasteiger partial charge is 0.494 e. The molecule has 1 aliphatic heterocycles. The Kier molecular flexibility index (Phi) is 5.49. The second-order valence-electron chi connectivity index (χ2n) is 8.97. The molecule has 2 fully saturated rings. The van der Waals surface area contributed by atoms with Gasteiger partial charge in [0.05, 0.1) is 12.3 Å². The molecule has 4 nitrogen and oxygen atoms in total. The van der Waals surface area contributed by atoms with Crippen LogP contribution in [0.25, 0.3) is 11.3 Å². The highest BCUT2D eigenvalue weighted by Crippen LogP contribution is 2.53. The minimum atomic E-state index is 0.567. The van der Waals surface area contributed by atoms with E-state index in [1.165, 1.54) is 56.2 Å². The standard InChI is InChI=1S/C24H30ClN3O/c1-16-4-2-13-28(16)14-3-15-29-20-11-9-19(10-12-20)23-21-17-5-7-18(8-6-17)22(21)24(25)27-26-23/h9-12,16-18H,2-8,13-15H2,1H3/t16-,17?,18?/m1/s1. The fourth-order valence-corrected chi connectivity index (χ4v) is 5.91. The van der Waals surface area contributed by atoms with Crippen LogP contribution in [0, 0.1) is 0 Å². The van der Waals surface area contributed by atoms with Gasteiger partial charge in [-0.1, -0.05) is 11.6 Å². The lowest BCUT2D eigenvalue weighted by molar-refractivity contribution is 0.230. The molecule has 1 saturated carbocycles. The first-order chi connectivity index (χ1) is 14.2. The van der Waals surface area contributed by atoms with Gasteiger partial charge in [0.2, 0.25) is 0 Å². The van der Waals surface area contributed by atoms with Gasteiger partial charge in [0.25, 0.3) is 0 Å². The molecular formula is C24H30ClN3O. The summed E-state index contributed by atoms with van der Waals surface area (Å²) in [5, 5.41) is 9.42. The molecule has 5 heteroatoms. The molecule has 1 saturated heterocycles. The quantitative estimate of drug-likeness (QED) is 0.562. The van der Waals surface area contributed by atoms with E-state index >= 15 is 0 Å². The van der Waals surface area contributed by atoms with Crippen LogP contribution < -0.4 is 4.74 Å². The number of benzene rings is 1. The second kappa shape index (κ2) is 8.23. The summed E-state index contributed by atoms with van der Waals surface area (Å²) in [6, 6.07) is 9.11. The van der Waals surface area contributed by atoms with Crippen LogP contribution in [0.3, 0.4) is 0 Å². The fraction of sp³-hybridized carbons (Fsp3) is 0.583. The third kappa shape index (κ3) is 3.77. The van der Waals surface area contributed by atoms with E-state index in [2.05, 4.69) is 46.3 Å². The molecule has 154 valence electrons. The van der Waals surface area contributed by atoms with Gasteiger partial charge in [0, 0.05) is 23.7 Å². The molecule has 1 atom stereocenters. The van der Waals surface area contributed by atoms with Crippen molar-refractivity contribution in [3.8, 4) is 17.0 Å². The lowest BCUT2D eigenvalue weighted by Gasteiger charge is -2.39. The van der Waals surface area contributed by atoms with Gasteiger partial charge >= 0.3 is 0 Å². The van der Waals surface area contributed by atoms with E-state index in [0.717, 1.165) is 42.6 Å². The molecule has 0 radical (unpaired) electrons. The third-order valence-electron chi connectivity index (χ3n) is 7.23. The Morgan fingerprint density at radius 1 is 1.00 bits per heavy atom. The summed E-state index contributed by atoms with van der Waals surface area (Å²) in [5.41, 5.74) is 4.78. The summed E-state index contributed by atoms with van der Waals surface area (Å²) in [4.78, 5) is 2.57. The molecular weight excluding hydrogens is 382 g/mol. The zero-order valence-electron chi connectivity index (χ0n) is 17.2. The van der Waals surface area contributed by atoms with Crippen LogP contribution in [-0.4, -0.2) is 40.8 Å². The van der Waals surface area contributed by atoms with Gasteiger partial charge in [-0.15, -0.1) is 10.2 Å². The fourth-order valence-electron chi connectivity index (χ4n) is 5.62. The van der Waals surface area contributed by atoms with Gasteiger partial charge in [-0.3, -0.25) is 0 Å². The number of nitrogens with zero attached hydrogens (tertiary/aromatic N) is 3. The van der Waals surface area contributed by atoms with E-state index in [4.69, 9.17) is 16.3 Å². The normalized spacial score (nSPS) is 25.9. The van der Waals surface area contributed by atoms with E-state index in [1.807, 2.05) is 0 Å². The maximum absolute atomic E-state index is 6.45. The summed E-state index contributed by atoms with van der Waals surface area (Å²) in [6.45, 7) is 5.47. The molecule has 2 heterocycles. The molecule has 1 aromatic heterocycles. The number of ether oxygens (including phenoxy) is 1. The zero-order chi connectivity index (χ0) is 19.8. The molecule has 2 bridgehead atoms. The van der Waals surface area contributed by atoms with Crippen LogP contribution in [0.15, 0.2) is 24.3 Å². The van der Waals surface area contributed by atoms with Crippen molar-refractivity contribution in [2.75, 3.05) is 19.7 Å². The Morgan fingerprint density at radius 3 is 2.41 bits per heavy atom. The van der Waals surface area contributed by atoms with E-state index in [9.17, 15) is 0 Å². The van der Waals surface area contributed by atoms with Crippen LogP contribution >= 0.6 is 11.6 Å². The van der Waals surface area contributed by atoms with Crippen molar-refractivity contribution in [3.63, 3.8) is 0 Å². The lowest BCUT2D eigenvalue weighted by Crippen LogP contribution is -2.28. The van der Waals surface area contributed by atoms with Crippen LogP contribution in [0.2, 0.25) is 5.15 Å². The maximum Gasteiger partial charge on any atom is 0.155 e. The second-order valence-corrected chi connectivity index (χ2v) is 9.33. The summed E-state index contributed by atoms with van der Waals surface area (Å²) in [7, 11) is 0. The van der Waals surface area contributed by atoms with Crippen LogP contribution in [0.4, 0.5) is 0 Å².